The number of rotatable bonds is 5. The summed E-state index contributed by atoms with van der Waals surface area (Å²) in [5.74, 6) is 0.431. The number of ether oxygens (including phenoxy) is 1. The maximum atomic E-state index is 13.0. The number of piperidine rings is 1. The molecule has 1 unspecified atom stereocenters. The third kappa shape index (κ3) is 4.43. The molecule has 0 aliphatic carbocycles. The molecule has 2 aliphatic heterocycles. The molecule has 1 aromatic carbocycles. The Kier molecular flexibility index (Phi) is 6.81. The highest BCUT2D eigenvalue weighted by Crippen LogP contribution is 2.34. The van der Waals surface area contributed by atoms with E-state index < -0.39 is 0 Å². The number of amides is 1. The second-order valence-electron chi connectivity index (χ2n) is 7.81. The van der Waals surface area contributed by atoms with Gasteiger partial charge in [-0.25, -0.2) is 0 Å². The van der Waals surface area contributed by atoms with E-state index in [0.29, 0.717) is 23.3 Å². The Balaban J connectivity index is 1.66. The van der Waals surface area contributed by atoms with Gasteiger partial charge in [0, 0.05) is 50.3 Å². The number of methoxy groups -OCH3 is 1. The minimum atomic E-state index is -0.313. The van der Waals surface area contributed by atoms with Crippen molar-refractivity contribution in [1.29, 1.82) is 0 Å². The average molecular weight is 425 g/mol. The summed E-state index contributed by atoms with van der Waals surface area (Å²) in [6, 6.07) is 7.39. The first kappa shape index (κ1) is 21.3. The van der Waals surface area contributed by atoms with Gasteiger partial charge in [-0.3, -0.25) is 10.1 Å². The molecule has 0 radical (unpaired) electrons. The highest BCUT2D eigenvalue weighted by atomic mass is 35.5. The SMILES string of the molecule is COCCN1C(=O)C(C(C)C)NC12CCN(C(=S)Nc1cccc(Cl)c1)CC2. The predicted molar refractivity (Wildman–Crippen MR) is 117 cm³/mol. The number of benzene rings is 1. The summed E-state index contributed by atoms with van der Waals surface area (Å²) in [4.78, 5) is 17.1. The van der Waals surface area contributed by atoms with Gasteiger partial charge in [-0.1, -0.05) is 31.5 Å². The second-order valence-corrected chi connectivity index (χ2v) is 8.63. The smallest absolute Gasteiger partial charge is 0.241 e. The lowest BCUT2D eigenvalue weighted by atomic mass is 9.96. The lowest BCUT2D eigenvalue weighted by molar-refractivity contribution is -0.134. The molecule has 8 heteroatoms. The van der Waals surface area contributed by atoms with Crippen molar-refractivity contribution in [1.82, 2.24) is 15.1 Å². The summed E-state index contributed by atoms with van der Waals surface area (Å²) in [6.07, 6.45) is 1.64. The van der Waals surface area contributed by atoms with Crippen LogP contribution in [0.1, 0.15) is 26.7 Å². The van der Waals surface area contributed by atoms with E-state index in [1.54, 1.807) is 7.11 Å². The summed E-state index contributed by atoms with van der Waals surface area (Å²) >= 11 is 11.7. The molecule has 1 amide bonds. The van der Waals surface area contributed by atoms with Gasteiger partial charge >= 0.3 is 0 Å². The number of nitrogens with one attached hydrogen (secondary N) is 2. The van der Waals surface area contributed by atoms with E-state index in [1.807, 2.05) is 29.2 Å². The van der Waals surface area contributed by atoms with Crippen LogP contribution in [0, 0.1) is 5.92 Å². The van der Waals surface area contributed by atoms with Crippen molar-refractivity contribution < 1.29 is 9.53 Å². The molecule has 6 nitrogen and oxygen atoms in total. The van der Waals surface area contributed by atoms with Crippen LogP contribution in [0.15, 0.2) is 24.3 Å². The maximum absolute atomic E-state index is 13.0. The summed E-state index contributed by atoms with van der Waals surface area (Å²) in [7, 11) is 1.67. The number of carbonyl (C=O) groups is 1. The molecule has 0 aromatic heterocycles. The highest BCUT2D eigenvalue weighted by Gasteiger charge is 2.52. The Morgan fingerprint density at radius 2 is 2.14 bits per heavy atom. The molecule has 0 bridgehead atoms. The first-order valence-electron chi connectivity index (χ1n) is 9.76. The lowest BCUT2D eigenvalue weighted by Crippen LogP contribution is -2.60. The number of hydrogen-bond donors (Lipinski definition) is 2. The van der Waals surface area contributed by atoms with E-state index >= 15 is 0 Å². The van der Waals surface area contributed by atoms with Crippen molar-refractivity contribution in [3.05, 3.63) is 29.3 Å². The molecule has 2 N–H and O–H groups in total. The van der Waals surface area contributed by atoms with Crippen molar-refractivity contribution >= 4 is 40.5 Å². The summed E-state index contributed by atoms with van der Waals surface area (Å²) in [6.45, 7) is 6.88. The van der Waals surface area contributed by atoms with Gasteiger partial charge in [0.05, 0.1) is 18.3 Å². The zero-order chi connectivity index (χ0) is 20.3. The third-order valence-electron chi connectivity index (χ3n) is 5.61. The van der Waals surface area contributed by atoms with Gasteiger partial charge in [-0.15, -0.1) is 0 Å². The zero-order valence-corrected chi connectivity index (χ0v) is 18.3. The van der Waals surface area contributed by atoms with Crippen molar-refractivity contribution in [2.45, 2.75) is 38.4 Å². The van der Waals surface area contributed by atoms with Gasteiger partial charge in [0.15, 0.2) is 5.11 Å². The van der Waals surface area contributed by atoms with Crippen LogP contribution in [0.5, 0.6) is 0 Å². The Bertz CT molecular complexity index is 722. The van der Waals surface area contributed by atoms with E-state index in [-0.39, 0.29) is 23.5 Å². The van der Waals surface area contributed by atoms with Gasteiger partial charge in [-0.2, -0.15) is 0 Å². The van der Waals surface area contributed by atoms with Crippen LogP contribution in [-0.2, 0) is 9.53 Å². The third-order valence-corrected chi connectivity index (χ3v) is 6.21. The molecule has 3 rings (SSSR count). The maximum Gasteiger partial charge on any atom is 0.241 e. The molecule has 2 aliphatic rings. The van der Waals surface area contributed by atoms with Crippen LogP contribution in [0.2, 0.25) is 5.02 Å². The van der Waals surface area contributed by atoms with E-state index in [4.69, 9.17) is 28.6 Å². The zero-order valence-electron chi connectivity index (χ0n) is 16.7. The van der Waals surface area contributed by atoms with Crippen molar-refractivity contribution in [2.24, 2.45) is 5.92 Å². The fourth-order valence-corrected chi connectivity index (χ4v) is 4.52. The molecule has 0 saturated carbocycles. The van der Waals surface area contributed by atoms with Crippen molar-refractivity contribution in [3.63, 3.8) is 0 Å². The summed E-state index contributed by atoms with van der Waals surface area (Å²) in [5.41, 5.74) is 0.570. The minimum Gasteiger partial charge on any atom is -0.383 e. The molecule has 28 heavy (non-hydrogen) atoms. The monoisotopic (exact) mass is 424 g/mol. The molecule has 2 heterocycles. The summed E-state index contributed by atoms with van der Waals surface area (Å²) in [5, 5.41) is 8.27. The van der Waals surface area contributed by atoms with Crippen molar-refractivity contribution in [2.75, 3.05) is 38.7 Å². The molecular formula is C20H29ClN4O2S. The Hall–Kier alpha value is -1.41. The summed E-state index contributed by atoms with van der Waals surface area (Å²) < 4.78 is 5.24. The first-order chi connectivity index (χ1) is 13.4. The van der Waals surface area contributed by atoms with Crippen LogP contribution in [0.25, 0.3) is 0 Å². The van der Waals surface area contributed by atoms with Gasteiger partial charge in [0.2, 0.25) is 5.91 Å². The van der Waals surface area contributed by atoms with Gasteiger partial charge < -0.3 is 19.9 Å². The van der Waals surface area contributed by atoms with E-state index in [0.717, 1.165) is 31.6 Å². The van der Waals surface area contributed by atoms with E-state index in [9.17, 15) is 4.79 Å². The number of hydrogen-bond acceptors (Lipinski definition) is 4. The largest absolute Gasteiger partial charge is 0.383 e. The molecular weight excluding hydrogens is 396 g/mol. The Labute approximate surface area is 177 Å². The van der Waals surface area contributed by atoms with Crippen LogP contribution in [-0.4, -0.2) is 65.9 Å². The topological polar surface area (TPSA) is 56.8 Å². The molecule has 2 saturated heterocycles. The normalized spacial score (nSPS) is 21.6. The molecule has 1 spiro atoms. The highest BCUT2D eigenvalue weighted by molar-refractivity contribution is 7.80. The van der Waals surface area contributed by atoms with Crippen LogP contribution < -0.4 is 10.6 Å². The molecule has 1 atom stereocenters. The number of nitrogens with zero attached hydrogens (tertiary/aromatic N) is 2. The van der Waals surface area contributed by atoms with Gasteiger partial charge in [-0.05, 0) is 36.3 Å². The molecule has 1 aromatic rings. The molecule has 2 fully saturated rings. The number of carbonyl (C=O) groups excluding carboxylic acids is 1. The number of halogens is 1. The predicted octanol–water partition coefficient (Wildman–Crippen LogP) is 2.93. The fourth-order valence-electron chi connectivity index (χ4n) is 4.03. The van der Waals surface area contributed by atoms with E-state index in [2.05, 4.69) is 29.4 Å². The number of thiocarbonyl (C=S) groups is 1. The number of likely N-dealkylation sites (tertiary alicyclic amines) is 1. The average Bonchev–Trinajstić information content (AvgIpc) is 2.92. The fraction of sp³-hybridized carbons (Fsp3) is 0.600. The van der Waals surface area contributed by atoms with Crippen LogP contribution in [0.3, 0.4) is 0 Å². The Morgan fingerprint density at radius 3 is 2.75 bits per heavy atom. The van der Waals surface area contributed by atoms with Gasteiger partial charge in [0.25, 0.3) is 0 Å². The second kappa shape index (κ2) is 8.95. The van der Waals surface area contributed by atoms with E-state index in [1.165, 1.54) is 0 Å². The Morgan fingerprint density at radius 1 is 1.43 bits per heavy atom. The lowest BCUT2D eigenvalue weighted by Gasteiger charge is -2.45. The quantitative estimate of drug-likeness (QED) is 0.709. The van der Waals surface area contributed by atoms with Crippen molar-refractivity contribution in [3.8, 4) is 0 Å². The molecule has 154 valence electrons. The standard InChI is InChI=1S/C20H29ClN4O2S/c1-14(2)17-18(26)25(11-12-27-3)20(23-17)7-9-24(10-8-20)19(28)22-16-6-4-5-15(21)13-16/h4-6,13-14,17,23H,7-12H2,1-3H3,(H,22,28). The first-order valence-corrected chi connectivity index (χ1v) is 10.5. The number of anilines is 1. The minimum absolute atomic E-state index is 0.139. The van der Waals surface area contributed by atoms with Gasteiger partial charge in [0.1, 0.15) is 0 Å². The van der Waals surface area contributed by atoms with Crippen LogP contribution >= 0.6 is 23.8 Å². The van der Waals surface area contributed by atoms with Crippen LogP contribution in [0.4, 0.5) is 5.69 Å².